The molecule has 0 saturated carbocycles. The third kappa shape index (κ3) is 34.7. The number of nitrogens with zero attached hydrogens (tertiary/aromatic N) is 9. The monoisotopic (exact) mass is 1350 g/mol. The Hall–Kier alpha value is -3.85. The summed E-state index contributed by atoms with van der Waals surface area (Å²) >= 11 is 18.6. The molecule has 1 amide bonds. The molecule has 3 aromatic rings. The molecule has 92 heavy (non-hydrogen) atoms. The number of carbonyl (C=O) groups is 1. The van der Waals surface area contributed by atoms with E-state index in [0.29, 0.717) is 44.6 Å². The van der Waals surface area contributed by atoms with Crippen molar-refractivity contribution in [1.29, 1.82) is 0 Å². The number of benzene rings is 2. The lowest BCUT2D eigenvalue weighted by atomic mass is 10.1. The number of aliphatic hydroxyl groups excluding tert-OH is 4. The number of amides is 1. The summed E-state index contributed by atoms with van der Waals surface area (Å²) < 4.78 is 1.70. The Kier molecular flexibility index (Phi) is 50.2. The van der Waals surface area contributed by atoms with Crippen LogP contribution in [-0.2, 0) is 0 Å². The molecule has 7 aliphatic rings. The maximum atomic E-state index is 13.1. The number of aromatic nitrogens is 2. The molecule has 530 valence electrons. The van der Waals surface area contributed by atoms with Crippen LogP contribution in [0.25, 0.3) is 16.9 Å². The van der Waals surface area contributed by atoms with Crippen molar-refractivity contribution in [2.45, 2.75) is 229 Å². The fourth-order valence-corrected chi connectivity index (χ4v) is 11.7. The molecule has 16 nitrogen and oxygen atoms in total. The maximum absolute atomic E-state index is 13.1. The molecule has 1 unspecified atom stereocenters. The van der Waals surface area contributed by atoms with Crippen LogP contribution in [0, 0.1) is 6.92 Å². The summed E-state index contributed by atoms with van der Waals surface area (Å²) in [5, 5.41) is 38.7. The topological polar surface area (TPSA) is 181 Å². The number of aliphatic hydroxyl groups is 4. The minimum atomic E-state index is -0.228. The van der Waals surface area contributed by atoms with E-state index in [1.165, 1.54) is 116 Å². The molecular formula is C73H129Cl3N10O6-2. The summed E-state index contributed by atoms with van der Waals surface area (Å²) in [6.07, 6.45) is 36.5. The SMILES string of the molecule is CC(C)N1C=CCCC1.CC(C)N1C=CCCC1.CC(C)N1CC=CCC1.CC(C)N1CC=CCC1.CC(C)N1CCCCC1.CC(C)N1CCCCC1O.CO.CO.CO.Cc1c(C(=O)NN2CCCCC2)nn(-c2ccc(Cl)cc2Cl)c1-c1ccc(Cl)cc1.[H-].[OH-]. The number of piperidine rings is 3. The number of rotatable bonds is 10. The van der Waals surface area contributed by atoms with Gasteiger partial charge in [-0.3, -0.25) is 24.9 Å². The highest BCUT2D eigenvalue weighted by atomic mass is 35.5. The predicted molar refractivity (Wildman–Crippen MR) is 393 cm³/mol. The van der Waals surface area contributed by atoms with E-state index in [2.05, 4.69) is 172 Å². The number of likely N-dealkylation sites (tertiary alicyclic amines) is 2. The van der Waals surface area contributed by atoms with Crippen molar-refractivity contribution in [2.75, 3.05) is 93.3 Å². The zero-order valence-electron chi connectivity index (χ0n) is 60.9. The highest BCUT2D eigenvalue weighted by Gasteiger charge is 2.26. The third-order valence-corrected chi connectivity index (χ3v) is 17.4. The first-order valence-corrected chi connectivity index (χ1v) is 35.3. The van der Waals surface area contributed by atoms with E-state index in [4.69, 9.17) is 50.1 Å². The Balaban J connectivity index is 0. The lowest BCUT2D eigenvalue weighted by Crippen LogP contribution is -2.45. The molecule has 1 aromatic heterocycles. The first-order chi connectivity index (χ1) is 43.7. The van der Waals surface area contributed by atoms with E-state index in [0.717, 1.165) is 108 Å². The molecule has 0 aliphatic carbocycles. The zero-order valence-corrected chi connectivity index (χ0v) is 62.2. The van der Waals surface area contributed by atoms with E-state index in [1.807, 2.05) is 36.2 Å². The fraction of sp³-hybridized carbons (Fsp3) is 0.671. The van der Waals surface area contributed by atoms with E-state index >= 15 is 0 Å². The summed E-state index contributed by atoms with van der Waals surface area (Å²) in [5.74, 6) is -0.228. The van der Waals surface area contributed by atoms with Crippen LogP contribution in [0.3, 0.4) is 0 Å². The van der Waals surface area contributed by atoms with Crippen molar-refractivity contribution in [3.8, 4) is 16.9 Å². The van der Waals surface area contributed by atoms with Crippen LogP contribution >= 0.6 is 34.8 Å². The van der Waals surface area contributed by atoms with Crippen LogP contribution in [-0.4, -0.2) is 212 Å². The second kappa shape index (κ2) is 52.4. The number of hydrogen-bond donors (Lipinski definition) is 5. The van der Waals surface area contributed by atoms with Crippen molar-refractivity contribution in [3.05, 3.63) is 118 Å². The van der Waals surface area contributed by atoms with Gasteiger partial charge in [0, 0.05) is 138 Å². The molecular weight excluding hydrogens is 1220 g/mol. The summed E-state index contributed by atoms with van der Waals surface area (Å²) in [6.45, 7) is 41.3. The number of hydrazine groups is 1. The van der Waals surface area contributed by atoms with Crippen LogP contribution in [0.1, 0.15) is 197 Å². The van der Waals surface area contributed by atoms with Crippen LogP contribution in [0.4, 0.5) is 0 Å². The van der Waals surface area contributed by atoms with Crippen molar-refractivity contribution < 1.29 is 32.1 Å². The molecule has 8 heterocycles. The molecule has 3 saturated heterocycles. The first-order valence-electron chi connectivity index (χ1n) is 34.2. The van der Waals surface area contributed by atoms with Gasteiger partial charge < -0.3 is 42.0 Å². The largest absolute Gasteiger partial charge is 1.00 e. The number of carbonyl (C=O) groups excluding carboxylic acids is 1. The van der Waals surface area contributed by atoms with Gasteiger partial charge in [-0.2, -0.15) is 5.10 Å². The van der Waals surface area contributed by atoms with Gasteiger partial charge in [-0.15, -0.1) is 0 Å². The molecule has 0 radical (unpaired) electrons. The lowest BCUT2D eigenvalue weighted by molar-refractivity contribution is -0.0419. The van der Waals surface area contributed by atoms with E-state index in [1.54, 1.807) is 22.9 Å². The zero-order chi connectivity index (χ0) is 68.3. The molecule has 7 aliphatic heterocycles. The first kappa shape index (κ1) is 88.2. The van der Waals surface area contributed by atoms with Gasteiger partial charge in [-0.25, -0.2) is 9.69 Å². The minimum Gasteiger partial charge on any atom is -1.00 e. The van der Waals surface area contributed by atoms with Crippen molar-refractivity contribution in [3.63, 3.8) is 0 Å². The van der Waals surface area contributed by atoms with Crippen molar-refractivity contribution in [1.82, 2.24) is 49.6 Å². The minimum absolute atomic E-state index is 0. The van der Waals surface area contributed by atoms with Gasteiger partial charge in [0.1, 0.15) is 6.23 Å². The predicted octanol–water partition coefficient (Wildman–Crippen LogP) is 15.1. The number of hydrogen-bond acceptors (Lipinski definition) is 14. The molecule has 2 aromatic carbocycles. The molecule has 3 fully saturated rings. The average Bonchev–Trinajstić information content (AvgIpc) is 1.82. The molecule has 0 spiro atoms. The van der Waals surface area contributed by atoms with Crippen LogP contribution in [0.2, 0.25) is 15.1 Å². The Bertz CT molecular complexity index is 2390. The second-order valence-electron chi connectivity index (χ2n) is 25.2. The Labute approximate surface area is 576 Å². The molecule has 19 heteroatoms. The highest BCUT2D eigenvalue weighted by molar-refractivity contribution is 6.35. The van der Waals surface area contributed by atoms with Gasteiger partial charge in [-0.05, 0) is 229 Å². The van der Waals surface area contributed by atoms with Crippen LogP contribution in [0.5, 0.6) is 0 Å². The summed E-state index contributed by atoms with van der Waals surface area (Å²) in [7, 11) is 3.00. The number of allylic oxidation sites excluding steroid dienone is 2. The molecule has 1 atom stereocenters. The highest BCUT2D eigenvalue weighted by Crippen LogP contribution is 2.33. The summed E-state index contributed by atoms with van der Waals surface area (Å²) in [6, 6.07) is 16.7. The van der Waals surface area contributed by atoms with Gasteiger partial charge in [0.2, 0.25) is 0 Å². The molecule has 6 N–H and O–H groups in total. The Morgan fingerprint density at radius 1 is 0.511 bits per heavy atom. The number of nitrogens with one attached hydrogen (secondary N) is 1. The van der Waals surface area contributed by atoms with E-state index < -0.39 is 0 Å². The smallest absolute Gasteiger partial charge is 0.286 e. The van der Waals surface area contributed by atoms with E-state index in [-0.39, 0.29) is 19.0 Å². The fourth-order valence-electron chi connectivity index (χ4n) is 11.1. The van der Waals surface area contributed by atoms with Crippen LogP contribution in [0.15, 0.2) is 91.3 Å². The molecule has 0 bridgehead atoms. The van der Waals surface area contributed by atoms with Gasteiger partial charge in [0.25, 0.3) is 5.91 Å². The number of halogens is 3. The lowest BCUT2D eigenvalue weighted by Gasteiger charge is -2.34. The maximum Gasteiger partial charge on any atom is 0.286 e. The standard InChI is InChI=1S/C22H21Cl3N4O.C8H17NO.C8H17N.4C8H15N.3CH4O.H2O.H/c1-14-20(22(30)27-28-11-3-2-4-12-28)26-29(19-10-9-17(24)13-18(19)25)21(14)15-5-7-16(23)8-6-15;1-7(2)9-6-4-3-5-8(9)10;5*1-8(2)9-6-4-3-5-7-9;3*1-2;;/h5-10,13H,2-4,11-12H2,1H3,(H,27,30);7-8,10H,3-6H2,1-2H3;8H,3-7H2,1-2H3;2*4,6,8H,3,5,7H2,1-2H3;2*3-4,8H,5-7H2,1-2H3;3*2H,1H3;1H2;/q;;;;;;;;;;;-1/p-1. The van der Waals surface area contributed by atoms with E-state index in [9.17, 15) is 9.90 Å². The Morgan fingerprint density at radius 2 is 0.967 bits per heavy atom. The van der Waals surface area contributed by atoms with Gasteiger partial charge in [0.05, 0.1) is 16.4 Å². The van der Waals surface area contributed by atoms with Crippen molar-refractivity contribution in [2.24, 2.45) is 0 Å². The van der Waals surface area contributed by atoms with Gasteiger partial charge in [-0.1, -0.05) is 96.2 Å². The third-order valence-electron chi connectivity index (χ3n) is 16.6. The summed E-state index contributed by atoms with van der Waals surface area (Å²) in [4.78, 5) is 27.5. The normalized spacial score (nSPS) is 18.3. The average molecular weight is 1350 g/mol. The van der Waals surface area contributed by atoms with Crippen LogP contribution < -0.4 is 5.43 Å². The quantitative estimate of drug-likeness (QED) is 0.121. The molecule has 10 rings (SSSR count). The Morgan fingerprint density at radius 3 is 1.32 bits per heavy atom. The van der Waals surface area contributed by atoms with Gasteiger partial charge >= 0.3 is 0 Å². The van der Waals surface area contributed by atoms with Crippen molar-refractivity contribution >= 4 is 40.7 Å². The van der Waals surface area contributed by atoms with Gasteiger partial charge in [0.15, 0.2) is 5.69 Å². The second-order valence-corrected chi connectivity index (χ2v) is 26.5. The summed E-state index contributed by atoms with van der Waals surface area (Å²) in [5.41, 5.74) is 6.42.